The van der Waals surface area contributed by atoms with Gasteiger partial charge in [-0.1, -0.05) is 30.3 Å². The van der Waals surface area contributed by atoms with Gasteiger partial charge in [-0.3, -0.25) is 14.9 Å². The van der Waals surface area contributed by atoms with Gasteiger partial charge in [0.1, 0.15) is 6.04 Å². The van der Waals surface area contributed by atoms with Gasteiger partial charge in [-0.2, -0.15) is 0 Å². The number of hydrogen-bond acceptors (Lipinski definition) is 5. The molecular weight excluding hydrogens is 336 g/mol. The van der Waals surface area contributed by atoms with E-state index in [1.54, 1.807) is 13.8 Å². The minimum absolute atomic E-state index is 0.110. The summed E-state index contributed by atoms with van der Waals surface area (Å²) >= 11 is 0. The van der Waals surface area contributed by atoms with E-state index < -0.39 is 22.8 Å². The number of hydrogen-bond donors (Lipinski definition) is 1. The molecule has 26 heavy (non-hydrogen) atoms. The first-order chi connectivity index (χ1) is 12.4. The number of nitrogens with one attached hydrogen (secondary N) is 1. The maximum absolute atomic E-state index is 12.4. The smallest absolute Gasteiger partial charge is 0.329 e. The molecule has 2 aromatic rings. The topological polar surface area (TPSA) is 98.5 Å². The second-order valence-corrected chi connectivity index (χ2v) is 6.01. The Bertz CT molecular complexity index is 772. The van der Waals surface area contributed by atoms with E-state index in [0.717, 1.165) is 5.56 Å². The molecule has 0 aliphatic rings. The molecule has 0 spiro atoms. The van der Waals surface area contributed by atoms with Crippen molar-refractivity contribution in [1.82, 2.24) is 5.32 Å². The Kier molecular flexibility index (Phi) is 6.43. The van der Waals surface area contributed by atoms with Crippen LogP contribution in [0.5, 0.6) is 0 Å². The molecule has 1 unspecified atom stereocenters. The minimum atomic E-state index is -0.859. The molecule has 1 N–H and O–H groups in total. The Labute approximate surface area is 151 Å². The lowest BCUT2D eigenvalue weighted by molar-refractivity contribution is -0.384. The van der Waals surface area contributed by atoms with E-state index in [1.807, 2.05) is 30.3 Å². The summed E-state index contributed by atoms with van der Waals surface area (Å²) in [4.78, 5) is 34.9. The third-order valence-corrected chi connectivity index (χ3v) is 3.56. The highest BCUT2D eigenvalue weighted by Crippen LogP contribution is 2.13. The molecule has 136 valence electrons. The van der Waals surface area contributed by atoms with Crippen molar-refractivity contribution in [2.24, 2.45) is 0 Å². The van der Waals surface area contributed by atoms with Crippen LogP contribution in [0, 0.1) is 10.1 Å². The molecule has 7 nitrogen and oxygen atoms in total. The summed E-state index contributed by atoms with van der Waals surface area (Å²) in [6.45, 7) is 3.46. The van der Waals surface area contributed by atoms with E-state index in [9.17, 15) is 19.7 Å². The van der Waals surface area contributed by atoms with Gasteiger partial charge < -0.3 is 10.1 Å². The number of ether oxygens (including phenoxy) is 1. The van der Waals surface area contributed by atoms with Crippen molar-refractivity contribution in [3.05, 3.63) is 75.8 Å². The zero-order valence-corrected chi connectivity index (χ0v) is 14.5. The van der Waals surface area contributed by atoms with Gasteiger partial charge in [0, 0.05) is 24.1 Å². The summed E-state index contributed by atoms with van der Waals surface area (Å²) in [6, 6.07) is 13.6. The fraction of sp³-hybridized carbons (Fsp3) is 0.263. The first kappa shape index (κ1) is 19.1. The van der Waals surface area contributed by atoms with E-state index in [2.05, 4.69) is 5.32 Å². The van der Waals surface area contributed by atoms with Crippen molar-refractivity contribution in [2.75, 3.05) is 0 Å². The number of carbonyl (C=O) groups is 2. The Hall–Kier alpha value is -3.22. The largest absolute Gasteiger partial charge is 0.461 e. The summed E-state index contributed by atoms with van der Waals surface area (Å²) in [6.07, 6.45) is -0.0254. The van der Waals surface area contributed by atoms with E-state index in [4.69, 9.17) is 4.74 Å². The van der Waals surface area contributed by atoms with Gasteiger partial charge >= 0.3 is 5.97 Å². The van der Waals surface area contributed by atoms with Crippen molar-refractivity contribution in [1.29, 1.82) is 0 Å². The van der Waals surface area contributed by atoms with Crippen LogP contribution in [-0.2, 0) is 16.0 Å². The standard InChI is InChI=1S/C19H20N2O5/c1-13(2)26-19(23)17(12-14-6-4-3-5-7-14)20-18(22)15-8-10-16(11-9-15)21(24)25/h3-11,13,17H,12H2,1-2H3,(H,20,22). The minimum Gasteiger partial charge on any atom is -0.461 e. The summed E-state index contributed by atoms with van der Waals surface area (Å²) in [5.41, 5.74) is 0.995. The van der Waals surface area contributed by atoms with Gasteiger partial charge in [0.25, 0.3) is 11.6 Å². The molecule has 0 fully saturated rings. The molecule has 0 bridgehead atoms. The molecule has 0 saturated heterocycles. The Morgan fingerprint density at radius 2 is 1.69 bits per heavy atom. The molecule has 0 aliphatic heterocycles. The van der Waals surface area contributed by atoms with Crippen LogP contribution >= 0.6 is 0 Å². The Balaban J connectivity index is 2.15. The lowest BCUT2D eigenvalue weighted by atomic mass is 10.1. The third-order valence-electron chi connectivity index (χ3n) is 3.56. The van der Waals surface area contributed by atoms with Crippen LogP contribution < -0.4 is 5.32 Å². The number of rotatable bonds is 7. The normalized spacial score (nSPS) is 11.7. The maximum Gasteiger partial charge on any atom is 0.329 e. The average Bonchev–Trinajstić information content (AvgIpc) is 2.61. The number of carbonyl (C=O) groups excluding carboxylic acids is 2. The fourth-order valence-corrected chi connectivity index (χ4v) is 2.33. The summed E-state index contributed by atoms with van der Waals surface area (Å²) in [5, 5.41) is 13.4. The van der Waals surface area contributed by atoms with Crippen LogP contribution in [0.25, 0.3) is 0 Å². The van der Waals surface area contributed by atoms with Gasteiger partial charge in [0.15, 0.2) is 0 Å². The second-order valence-electron chi connectivity index (χ2n) is 6.01. The molecule has 0 aromatic heterocycles. The second kappa shape index (κ2) is 8.75. The van der Waals surface area contributed by atoms with E-state index in [1.165, 1.54) is 24.3 Å². The van der Waals surface area contributed by atoms with Crippen molar-refractivity contribution < 1.29 is 19.2 Å². The Morgan fingerprint density at radius 3 is 2.23 bits per heavy atom. The number of nitrogens with zero attached hydrogens (tertiary/aromatic N) is 1. The first-order valence-corrected chi connectivity index (χ1v) is 8.16. The van der Waals surface area contributed by atoms with Crippen LogP contribution in [-0.4, -0.2) is 28.9 Å². The number of esters is 1. The van der Waals surface area contributed by atoms with Crippen LogP contribution in [0.1, 0.15) is 29.8 Å². The molecule has 0 heterocycles. The summed E-state index contributed by atoms with van der Waals surface area (Å²) in [7, 11) is 0. The van der Waals surface area contributed by atoms with E-state index in [-0.39, 0.29) is 23.8 Å². The van der Waals surface area contributed by atoms with Gasteiger partial charge in [0.2, 0.25) is 0 Å². The van der Waals surface area contributed by atoms with Crippen LogP contribution in [0.15, 0.2) is 54.6 Å². The van der Waals surface area contributed by atoms with Crippen molar-refractivity contribution in [3.8, 4) is 0 Å². The van der Waals surface area contributed by atoms with Crippen LogP contribution in [0.2, 0.25) is 0 Å². The SMILES string of the molecule is CC(C)OC(=O)C(Cc1ccccc1)NC(=O)c1ccc([N+](=O)[O-])cc1. The van der Waals surface area contributed by atoms with Crippen molar-refractivity contribution in [2.45, 2.75) is 32.4 Å². The van der Waals surface area contributed by atoms with E-state index in [0.29, 0.717) is 0 Å². The zero-order valence-electron chi connectivity index (χ0n) is 14.5. The number of amides is 1. The van der Waals surface area contributed by atoms with Gasteiger partial charge in [-0.05, 0) is 31.5 Å². The lowest BCUT2D eigenvalue weighted by Crippen LogP contribution is -2.44. The van der Waals surface area contributed by atoms with Gasteiger partial charge in [-0.15, -0.1) is 0 Å². The van der Waals surface area contributed by atoms with Crippen LogP contribution in [0.3, 0.4) is 0 Å². The predicted octanol–water partition coefficient (Wildman–Crippen LogP) is 2.89. The molecule has 1 atom stereocenters. The van der Waals surface area contributed by atoms with E-state index >= 15 is 0 Å². The summed E-state index contributed by atoms with van der Waals surface area (Å²) in [5.74, 6) is -1.03. The molecule has 2 rings (SSSR count). The third kappa shape index (κ3) is 5.41. The monoisotopic (exact) mass is 356 g/mol. The summed E-state index contributed by atoms with van der Waals surface area (Å²) < 4.78 is 5.23. The lowest BCUT2D eigenvalue weighted by Gasteiger charge is -2.19. The molecule has 0 aliphatic carbocycles. The fourth-order valence-electron chi connectivity index (χ4n) is 2.33. The first-order valence-electron chi connectivity index (χ1n) is 8.16. The number of benzene rings is 2. The number of non-ortho nitro benzene ring substituents is 1. The Morgan fingerprint density at radius 1 is 1.08 bits per heavy atom. The zero-order chi connectivity index (χ0) is 19.1. The van der Waals surface area contributed by atoms with Gasteiger partial charge in [-0.25, -0.2) is 4.79 Å². The molecular formula is C19H20N2O5. The highest BCUT2D eigenvalue weighted by Gasteiger charge is 2.24. The molecule has 0 saturated carbocycles. The average molecular weight is 356 g/mol. The predicted molar refractivity (Wildman–Crippen MR) is 95.7 cm³/mol. The molecule has 2 aromatic carbocycles. The molecule has 1 amide bonds. The quantitative estimate of drug-likeness (QED) is 0.467. The highest BCUT2D eigenvalue weighted by molar-refractivity contribution is 5.97. The number of nitro groups is 1. The number of nitro benzene ring substituents is 1. The molecule has 7 heteroatoms. The highest BCUT2D eigenvalue weighted by atomic mass is 16.6. The van der Waals surface area contributed by atoms with Gasteiger partial charge in [0.05, 0.1) is 11.0 Å². The van der Waals surface area contributed by atoms with Crippen molar-refractivity contribution in [3.63, 3.8) is 0 Å². The molecule has 0 radical (unpaired) electrons. The maximum atomic E-state index is 12.4. The van der Waals surface area contributed by atoms with Crippen LogP contribution in [0.4, 0.5) is 5.69 Å². The van der Waals surface area contributed by atoms with Crippen molar-refractivity contribution >= 4 is 17.6 Å².